The van der Waals surface area contributed by atoms with Crippen molar-refractivity contribution in [1.29, 1.82) is 0 Å². The molecule has 22 heavy (non-hydrogen) atoms. The van der Waals surface area contributed by atoms with E-state index in [-0.39, 0.29) is 24.0 Å². The van der Waals surface area contributed by atoms with E-state index < -0.39 is 0 Å². The van der Waals surface area contributed by atoms with Crippen molar-refractivity contribution >= 4 is 29.9 Å². The van der Waals surface area contributed by atoms with E-state index in [1.807, 2.05) is 36.9 Å². The summed E-state index contributed by atoms with van der Waals surface area (Å²) >= 11 is 0. The molecule has 1 N–H and O–H groups in total. The molecule has 0 aliphatic rings. The zero-order valence-electron chi connectivity index (χ0n) is 13.2. The van der Waals surface area contributed by atoms with Crippen LogP contribution in [0, 0.1) is 0 Å². The molecule has 0 amide bonds. The Balaban J connectivity index is 0.00000242. The van der Waals surface area contributed by atoms with Crippen LogP contribution in [0.15, 0.2) is 41.7 Å². The first-order valence-corrected chi connectivity index (χ1v) is 7.07. The topological polar surface area (TPSA) is 58.3 Å². The average Bonchev–Trinajstić information content (AvgIpc) is 2.90. The summed E-state index contributed by atoms with van der Waals surface area (Å²) in [6.07, 6.45) is 1.69. The summed E-state index contributed by atoms with van der Waals surface area (Å²) in [6.45, 7) is 4.22. The number of nitrogens with zero attached hydrogens (tertiary/aromatic N) is 5. The highest BCUT2D eigenvalue weighted by molar-refractivity contribution is 14.0. The third-order valence-electron chi connectivity index (χ3n) is 3.13. The highest BCUT2D eigenvalue weighted by atomic mass is 127. The summed E-state index contributed by atoms with van der Waals surface area (Å²) in [5, 5.41) is 11.2. The summed E-state index contributed by atoms with van der Waals surface area (Å²) < 4.78 is 1.88. The largest absolute Gasteiger partial charge is 0.357 e. The fraction of sp³-hybridized carbons (Fsp3) is 0.400. The highest BCUT2D eigenvalue weighted by Gasteiger charge is 2.07. The van der Waals surface area contributed by atoms with E-state index >= 15 is 0 Å². The molecule has 6 nitrogen and oxygen atoms in total. The molecule has 0 spiro atoms. The van der Waals surface area contributed by atoms with Gasteiger partial charge in [0.25, 0.3) is 0 Å². The number of halogens is 1. The van der Waals surface area contributed by atoms with Gasteiger partial charge in [-0.3, -0.25) is 0 Å². The molecule has 0 saturated carbocycles. The Labute approximate surface area is 148 Å². The summed E-state index contributed by atoms with van der Waals surface area (Å²) in [7, 11) is 3.95. The van der Waals surface area contributed by atoms with Gasteiger partial charge in [-0.05, 0) is 12.5 Å². The van der Waals surface area contributed by atoms with Crippen LogP contribution in [0.5, 0.6) is 0 Å². The van der Waals surface area contributed by atoms with Crippen molar-refractivity contribution < 1.29 is 0 Å². The lowest BCUT2D eigenvalue weighted by molar-refractivity contribution is 0.476. The third-order valence-corrected chi connectivity index (χ3v) is 3.13. The predicted octanol–water partition coefficient (Wildman–Crippen LogP) is 2.03. The maximum Gasteiger partial charge on any atom is 0.194 e. The molecule has 0 aliphatic carbocycles. The van der Waals surface area contributed by atoms with Crippen LogP contribution in [0.3, 0.4) is 0 Å². The maximum atomic E-state index is 4.62. The summed E-state index contributed by atoms with van der Waals surface area (Å²) in [6, 6.07) is 10.3. The Kier molecular flexibility index (Phi) is 7.86. The van der Waals surface area contributed by atoms with E-state index in [0.29, 0.717) is 6.54 Å². The number of hydrogen-bond donors (Lipinski definition) is 1. The molecule has 1 aromatic heterocycles. The second-order valence-electron chi connectivity index (χ2n) is 4.87. The first-order valence-electron chi connectivity index (χ1n) is 7.07. The van der Waals surface area contributed by atoms with Gasteiger partial charge in [0, 0.05) is 27.2 Å². The highest BCUT2D eigenvalue weighted by Crippen LogP contribution is 2.03. The van der Waals surface area contributed by atoms with E-state index in [1.165, 1.54) is 5.56 Å². The number of guanidine groups is 1. The molecule has 0 unspecified atom stereocenters. The number of benzene rings is 1. The number of rotatable bonds is 5. The fourth-order valence-electron chi connectivity index (χ4n) is 2.00. The Morgan fingerprint density at radius 2 is 2.05 bits per heavy atom. The molecule has 0 radical (unpaired) electrons. The molecular weight excluding hydrogens is 391 g/mol. The van der Waals surface area contributed by atoms with Crippen LogP contribution in [0.2, 0.25) is 0 Å². The number of aryl methyl sites for hydroxylation is 1. The van der Waals surface area contributed by atoms with Gasteiger partial charge in [0.1, 0.15) is 12.9 Å². The van der Waals surface area contributed by atoms with Crippen LogP contribution >= 0.6 is 24.0 Å². The van der Waals surface area contributed by atoms with Crippen LogP contribution in [0.25, 0.3) is 0 Å². The van der Waals surface area contributed by atoms with Crippen molar-refractivity contribution in [1.82, 2.24) is 25.0 Å². The van der Waals surface area contributed by atoms with Crippen LogP contribution in [-0.4, -0.2) is 39.2 Å². The molecule has 7 heteroatoms. The number of nitrogens with one attached hydrogen (secondary N) is 1. The van der Waals surface area contributed by atoms with Crippen LogP contribution in [0.1, 0.15) is 18.3 Å². The second kappa shape index (κ2) is 9.39. The van der Waals surface area contributed by atoms with Gasteiger partial charge in [-0.2, -0.15) is 0 Å². The van der Waals surface area contributed by atoms with E-state index in [9.17, 15) is 0 Å². The Bertz CT molecular complexity index is 581. The molecule has 2 aromatic rings. The molecular formula is C15H23IN6. The van der Waals surface area contributed by atoms with E-state index in [2.05, 4.69) is 44.5 Å². The van der Waals surface area contributed by atoms with Crippen LogP contribution in [0.4, 0.5) is 0 Å². The first kappa shape index (κ1) is 18.4. The molecule has 1 heterocycles. The number of aliphatic imine (C=N–C) groups is 1. The van der Waals surface area contributed by atoms with Crippen LogP contribution in [-0.2, 0) is 20.1 Å². The molecule has 0 aliphatic heterocycles. The molecule has 2 rings (SSSR count). The predicted molar refractivity (Wildman–Crippen MR) is 99.1 cm³/mol. The van der Waals surface area contributed by atoms with Gasteiger partial charge in [-0.15, -0.1) is 34.2 Å². The Morgan fingerprint density at radius 1 is 1.32 bits per heavy atom. The zero-order chi connectivity index (χ0) is 15.1. The van der Waals surface area contributed by atoms with Gasteiger partial charge >= 0.3 is 0 Å². The van der Waals surface area contributed by atoms with E-state index in [0.717, 1.165) is 24.9 Å². The van der Waals surface area contributed by atoms with Crippen molar-refractivity contribution in [3.63, 3.8) is 0 Å². The fourth-order valence-corrected chi connectivity index (χ4v) is 2.00. The monoisotopic (exact) mass is 414 g/mol. The zero-order valence-corrected chi connectivity index (χ0v) is 15.6. The van der Waals surface area contributed by atoms with Gasteiger partial charge in [0.05, 0.1) is 0 Å². The van der Waals surface area contributed by atoms with Crippen LogP contribution < -0.4 is 5.32 Å². The van der Waals surface area contributed by atoms with Crippen molar-refractivity contribution in [3.05, 3.63) is 48.0 Å². The normalized spacial score (nSPS) is 11.0. The molecule has 0 saturated heterocycles. The summed E-state index contributed by atoms with van der Waals surface area (Å²) in [5.74, 6) is 1.71. The minimum atomic E-state index is 0. The number of aromatic nitrogens is 3. The SMILES string of the molecule is CCNC(=NCc1nncn1C)N(C)Cc1ccccc1.I. The van der Waals surface area contributed by atoms with Crippen molar-refractivity contribution in [2.75, 3.05) is 13.6 Å². The molecule has 0 atom stereocenters. The second-order valence-corrected chi connectivity index (χ2v) is 4.87. The lowest BCUT2D eigenvalue weighted by Crippen LogP contribution is -2.38. The molecule has 0 fully saturated rings. The summed E-state index contributed by atoms with van der Waals surface area (Å²) in [4.78, 5) is 6.73. The Hall–Kier alpha value is -1.64. The van der Waals surface area contributed by atoms with Gasteiger partial charge in [-0.25, -0.2) is 4.99 Å². The lowest BCUT2D eigenvalue weighted by Gasteiger charge is -2.22. The smallest absolute Gasteiger partial charge is 0.194 e. The quantitative estimate of drug-likeness (QED) is 0.462. The molecule has 1 aromatic carbocycles. The Morgan fingerprint density at radius 3 is 2.64 bits per heavy atom. The minimum Gasteiger partial charge on any atom is -0.357 e. The lowest BCUT2D eigenvalue weighted by atomic mass is 10.2. The van der Waals surface area contributed by atoms with E-state index in [4.69, 9.17) is 0 Å². The van der Waals surface area contributed by atoms with Gasteiger partial charge in [0.15, 0.2) is 11.8 Å². The van der Waals surface area contributed by atoms with Crippen molar-refractivity contribution in [2.24, 2.45) is 12.0 Å². The van der Waals surface area contributed by atoms with Crippen molar-refractivity contribution in [2.45, 2.75) is 20.0 Å². The third kappa shape index (κ3) is 5.28. The molecule has 120 valence electrons. The van der Waals surface area contributed by atoms with Gasteiger partial charge in [0.2, 0.25) is 0 Å². The number of hydrogen-bond acceptors (Lipinski definition) is 3. The van der Waals surface area contributed by atoms with Crippen molar-refractivity contribution in [3.8, 4) is 0 Å². The average molecular weight is 414 g/mol. The summed E-state index contributed by atoms with van der Waals surface area (Å²) in [5.41, 5.74) is 1.25. The van der Waals surface area contributed by atoms with Gasteiger partial charge < -0.3 is 14.8 Å². The van der Waals surface area contributed by atoms with Gasteiger partial charge in [-0.1, -0.05) is 30.3 Å². The van der Waals surface area contributed by atoms with E-state index in [1.54, 1.807) is 6.33 Å². The first-order chi connectivity index (χ1) is 10.2. The minimum absolute atomic E-state index is 0. The standard InChI is InChI=1S/C15H22N6.HI/c1-4-16-15(17-10-14-19-18-12-21(14)3)20(2)11-13-8-6-5-7-9-13;/h5-9,12H,4,10-11H2,1-3H3,(H,16,17);1H. The maximum absolute atomic E-state index is 4.62. The molecule has 0 bridgehead atoms.